The lowest BCUT2D eigenvalue weighted by Crippen LogP contribution is -2.52. The minimum absolute atomic E-state index is 0.0654. The highest BCUT2D eigenvalue weighted by Gasteiger charge is 2.31. The van der Waals surface area contributed by atoms with E-state index in [1.165, 1.54) is 0 Å². The standard InChI is InChI=1S/C9H11F3N2O3/c10-9(11,12)4-3-7(16)13-5-1-2-6(15)14-8(5)17/h5H,1-4H2,(H,13,16)(H,14,15,17). The molecule has 96 valence electrons. The molecule has 1 saturated heterocycles. The van der Waals surface area contributed by atoms with Crippen molar-refractivity contribution in [3.8, 4) is 0 Å². The van der Waals surface area contributed by atoms with Crippen molar-refractivity contribution in [1.82, 2.24) is 10.6 Å². The van der Waals surface area contributed by atoms with Gasteiger partial charge in [-0.1, -0.05) is 0 Å². The Morgan fingerprint density at radius 3 is 2.59 bits per heavy atom. The van der Waals surface area contributed by atoms with E-state index in [0.29, 0.717) is 0 Å². The van der Waals surface area contributed by atoms with Gasteiger partial charge in [0.15, 0.2) is 0 Å². The summed E-state index contributed by atoms with van der Waals surface area (Å²) in [5.74, 6) is -1.98. The van der Waals surface area contributed by atoms with Crippen LogP contribution in [0.2, 0.25) is 0 Å². The molecule has 1 fully saturated rings. The van der Waals surface area contributed by atoms with Crippen LogP contribution < -0.4 is 10.6 Å². The monoisotopic (exact) mass is 252 g/mol. The molecule has 1 aliphatic rings. The summed E-state index contributed by atoms with van der Waals surface area (Å²) in [6, 6.07) is -0.923. The van der Waals surface area contributed by atoms with Crippen molar-refractivity contribution in [2.75, 3.05) is 0 Å². The van der Waals surface area contributed by atoms with Gasteiger partial charge in [0.25, 0.3) is 0 Å². The minimum Gasteiger partial charge on any atom is -0.344 e. The van der Waals surface area contributed by atoms with Gasteiger partial charge >= 0.3 is 6.18 Å². The zero-order valence-corrected chi connectivity index (χ0v) is 8.76. The van der Waals surface area contributed by atoms with Crippen LogP contribution >= 0.6 is 0 Å². The van der Waals surface area contributed by atoms with Gasteiger partial charge in [-0.15, -0.1) is 0 Å². The molecule has 0 aliphatic carbocycles. The number of hydrogen-bond donors (Lipinski definition) is 2. The molecule has 0 aromatic rings. The highest BCUT2D eigenvalue weighted by atomic mass is 19.4. The molecule has 1 rings (SSSR count). The van der Waals surface area contributed by atoms with Gasteiger partial charge in [0.2, 0.25) is 17.7 Å². The van der Waals surface area contributed by atoms with Gasteiger partial charge in [-0.3, -0.25) is 19.7 Å². The van der Waals surface area contributed by atoms with E-state index in [4.69, 9.17) is 0 Å². The molecule has 17 heavy (non-hydrogen) atoms. The van der Waals surface area contributed by atoms with E-state index >= 15 is 0 Å². The Bertz CT molecular complexity index is 341. The largest absolute Gasteiger partial charge is 0.389 e. The Labute approximate surface area is 94.7 Å². The van der Waals surface area contributed by atoms with Crippen molar-refractivity contribution in [3.63, 3.8) is 0 Å². The summed E-state index contributed by atoms with van der Waals surface area (Å²) in [7, 11) is 0. The fourth-order valence-electron chi connectivity index (χ4n) is 1.35. The molecule has 0 saturated carbocycles. The summed E-state index contributed by atoms with van der Waals surface area (Å²) < 4.78 is 35.5. The van der Waals surface area contributed by atoms with Gasteiger partial charge in [0.1, 0.15) is 6.04 Å². The number of hydrogen-bond acceptors (Lipinski definition) is 3. The molecular weight excluding hydrogens is 241 g/mol. The fourth-order valence-corrected chi connectivity index (χ4v) is 1.35. The molecule has 0 aromatic carbocycles. The van der Waals surface area contributed by atoms with Crippen molar-refractivity contribution < 1.29 is 27.6 Å². The lowest BCUT2D eigenvalue weighted by molar-refractivity contribution is -0.145. The predicted octanol–water partition coefficient (Wildman–Crippen LogP) is 0.250. The van der Waals surface area contributed by atoms with Gasteiger partial charge < -0.3 is 5.32 Å². The van der Waals surface area contributed by atoms with Crippen molar-refractivity contribution in [2.24, 2.45) is 0 Å². The quantitative estimate of drug-likeness (QED) is 0.707. The Balaban J connectivity index is 2.36. The van der Waals surface area contributed by atoms with Gasteiger partial charge in [-0.25, -0.2) is 0 Å². The van der Waals surface area contributed by atoms with E-state index in [0.717, 1.165) is 0 Å². The fraction of sp³-hybridized carbons (Fsp3) is 0.667. The highest BCUT2D eigenvalue weighted by molar-refractivity contribution is 6.01. The smallest absolute Gasteiger partial charge is 0.344 e. The second-order valence-corrected chi connectivity index (χ2v) is 3.69. The summed E-state index contributed by atoms with van der Waals surface area (Å²) in [5, 5.41) is 4.15. The van der Waals surface area contributed by atoms with Crippen LogP contribution in [0.3, 0.4) is 0 Å². The molecular formula is C9H11F3N2O3. The summed E-state index contributed by atoms with van der Waals surface area (Å²) in [4.78, 5) is 33.1. The van der Waals surface area contributed by atoms with Gasteiger partial charge in [-0.05, 0) is 6.42 Å². The zero-order chi connectivity index (χ0) is 13.1. The number of nitrogens with one attached hydrogen (secondary N) is 2. The number of amides is 3. The normalized spacial score (nSPS) is 21.0. The molecule has 0 spiro atoms. The number of carbonyl (C=O) groups excluding carboxylic acids is 3. The topological polar surface area (TPSA) is 75.3 Å². The minimum atomic E-state index is -4.40. The van der Waals surface area contributed by atoms with Crippen LogP contribution in [0.5, 0.6) is 0 Å². The lowest BCUT2D eigenvalue weighted by Gasteiger charge is -2.21. The summed E-state index contributed by atoms with van der Waals surface area (Å²) in [5.41, 5.74) is 0. The van der Waals surface area contributed by atoms with Crippen LogP contribution in [-0.2, 0) is 14.4 Å². The van der Waals surface area contributed by atoms with E-state index in [-0.39, 0.29) is 12.8 Å². The number of piperidine rings is 1. The molecule has 0 aromatic heterocycles. The van der Waals surface area contributed by atoms with E-state index < -0.39 is 42.8 Å². The number of imide groups is 1. The van der Waals surface area contributed by atoms with Crippen LogP contribution in [0.4, 0.5) is 13.2 Å². The molecule has 1 unspecified atom stereocenters. The third-order valence-corrected chi connectivity index (χ3v) is 2.21. The molecule has 0 bridgehead atoms. The first-order valence-electron chi connectivity index (χ1n) is 4.98. The number of rotatable bonds is 3. The second-order valence-electron chi connectivity index (χ2n) is 3.69. The van der Waals surface area contributed by atoms with Gasteiger partial charge in [0.05, 0.1) is 6.42 Å². The molecule has 8 heteroatoms. The molecule has 0 radical (unpaired) electrons. The molecule has 1 atom stereocenters. The Hall–Kier alpha value is -1.60. The predicted molar refractivity (Wildman–Crippen MR) is 49.6 cm³/mol. The van der Waals surface area contributed by atoms with Crippen molar-refractivity contribution in [2.45, 2.75) is 37.9 Å². The maximum absolute atomic E-state index is 11.8. The average molecular weight is 252 g/mol. The number of alkyl halides is 3. The second kappa shape index (κ2) is 5.15. The van der Waals surface area contributed by atoms with Crippen LogP contribution in [-0.4, -0.2) is 29.9 Å². The van der Waals surface area contributed by atoms with Crippen molar-refractivity contribution >= 4 is 17.7 Å². The van der Waals surface area contributed by atoms with Gasteiger partial charge in [-0.2, -0.15) is 13.2 Å². The lowest BCUT2D eigenvalue weighted by atomic mass is 10.1. The third kappa shape index (κ3) is 4.83. The Morgan fingerprint density at radius 2 is 2.06 bits per heavy atom. The third-order valence-electron chi connectivity index (χ3n) is 2.21. The van der Waals surface area contributed by atoms with Crippen LogP contribution in [0.15, 0.2) is 0 Å². The number of carbonyl (C=O) groups is 3. The molecule has 5 nitrogen and oxygen atoms in total. The summed E-state index contributed by atoms with van der Waals surface area (Å²) in [6.45, 7) is 0. The average Bonchev–Trinajstić information content (AvgIpc) is 2.18. The number of halogens is 3. The van der Waals surface area contributed by atoms with E-state index in [1.807, 2.05) is 5.32 Å². The van der Waals surface area contributed by atoms with Crippen LogP contribution in [0.25, 0.3) is 0 Å². The van der Waals surface area contributed by atoms with Crippen LogP contribution in [0, 0.1) is 0 Å². The van der Waals surface area contributed by atoms with Crippen LogP contribution in [0.1, 0.15) is 25.7 Å². The SMILES string of the molecule is O=C1CCC(NC(=O)CCC(F)(F)F)C(=O)N1. The molecule has 1 aliphatic heterocycles. The molecule has 1 heterocycles. The zero-order valence-electron chi connectivity index (χ0n) is 8.76. The van der Waals surface area contributed by atoms with Gasteiger partial charge in [0, 0.05) is 12.8 Å². The molecule has 2 N–H and O–H groups in total. The molecule has 3 amide bonds. The summed E-state index contributed by atoms with van der Waals surface area (Å²) in [6.07, 6.45) is -6.17. The first-order chi connectivity index (χ1) is 7.78. The van der Waals surface area contributed by atoms with Crippen molar-refractivity contribution in [1.29, 1.82) is 0 Å². The first-order valence-corrected chi connectivity index (χ1v) is 4.98. The van der Waals surface area contributed by atoms with E-state index in [9.17, 15) is 27.6 Å². The van der Waals surface area contributed by atoms with E-state index in [2.05, 4.69) is 5.32 Å². The maximum atomic E-state index is 11.8. The first kappa shape index (κ1) is 13.5. The summed E-state index contributed by atoms with van der Waals surface area (Å²) >= 11 is 0. The maximum Gasteiger partial charge on any atom is 0.389 e. The van der Waals surface area contributed by atoms with Crippen molar-refractivity contribution in [3.05, 3.63) is 0 Å². The Morgan fingerprint density at radius 1 is 1.41 bits per heavy atom. The van der Waals surface area contributed by atoms with E-state index in [1.54, 1.807) is 0 Å². The highest BCUT2D eigenvalue weighted by Crippen LogP contribution is 2.21. The Kier molecular flexibility index (Phi) is 4.08.